The summed E-state index contributed by atoms with van der Waals surface area (Å²) in [5.74, 6) is 0.301. The second kappa shape index (κ2) is 5.22. The molecule has 0 fully saturated rings. The molecule has 2 rings (SSSR count). The van der Waals surface area contributed by atoms with Gasteiger partial charge in [0.05, 0.1) is 11.4 Å². The van der Waals surface area contributed by atoms with Crippen molar-refractivity contribution in [3.63, 3.8) is 0 Å². The summed E-state index contributed by atoms with van der Waals surface area (Å²) in [4.78, 5) is 19.0. The third kappa shape index (κ3) is 2.89. The van der Waals surface area contributed by atoms with E-state index in [1.54, 1.807) is 12.1 Å². The number of aromatic carboxylic acids is 1. The van der Waals surface area contributed by atoms with Crippen LogP contribution in [0.5, 0.6) is 0 Å². The Morgan fingerprint density at radius 3 is 2.78 bits per heavy atom. The third-order valence-electron chi connectivity index (χ3n) is 2.38. The van der Waals surface area contributed by atoms with E-state index in [0.717, 1.165) is 11.5 Å². The summed E-state index contributed by atoms with van der Waals surface area (Å²) in [7, 11) is 0. The SMILES string of the molecule is Cc1nc(SCc2cccc(C(=O)O)n2)oc1C. The van der Waals surface area contributed by atoms with Crippen LogP contribution in [0.4, 0.5) is 0 Å². The van der Waals surface area contributed by atoms with Crippen molar-refractivity contribution in [1.82, 2.24) is 9.97 Å². The number of carboxylic acids is 1. The zero-order valence-corrected chi connectivity index (χ0v) is 10.8. The Balaban J connectivity index is 2.06. The smallest absolute Gasteiger partial charge is 0.354 e. The lowest BCUT2D eigenvalue weighted by Crippen LogP contribution is -2.01. The molecule has 0 amide bonds. The normalized spacial score (nSPS) is 10.6. The molecule has 0 aliphatic carbocycles. The van der Waals surface area contributed by atoms with Gasteiger partial charge in [-0.15, -0.1) is 0 Å². The Morgan fingerprint density at radius 1 is 1.39 bits per heavy atom. The molecule has 6 heteroatoms. The second-order valence-electron chi connectivity index (χ2n) is 3.73. The molecule has 0 aliphatic rings. The van der Waals surface area contributed by atoms with Crippen molar-refractivity contribution in [3.8, 4) is 0 Å². The minimum absolute atomic E-state index is 0.0489. The van der Waals surface area contributed by atoms with Gasteiger partial charge in [-0.05, 0) is 26.0 Å². The number of rotatable bonds is 4. The molecule has 2 aromatic heterocycles. The van der Waals surface area contributed by atoms with Gasteiger partial charge in [0.2, 0.25) is 0 Å². The lowest BCUT2D eigenvalue weighted by molar-refractivity contribution is 0.0690. The number of hydrogen-bond donors (Lipinski definition) is 1. The van der Waals surface area contributed by atoms with E-state index in [4.69, 9.17) is 9.52 Å². The van der Waals surface area contributed by atoms with Gasteiger partial charge < -0.3 is 9.52 Å². The minimum atomic E-state index is -1.02. The van der Waals surface area contributed by atoms with Crippen LogP contribution >= 0.6 is 11.8 Å². The first-order valence-corrected chi connectivity index (χ1v) is 6.31. The van der Waals surface area contributed by atoms with Crippen molar-refractivity contribution in [2.24, 2.45) is 0 Å². The van der Waals surface area contributed by atoms with Crippen LogP contribution in [-0.4, -0.2) is 21.0 Å². The Hall–Kier alpha value is -1.82. The highest BCUT2D eigenvalue weighted by atomic mass is 32.2. The summed E-state index contributed by atoms with van der Waals surface area (Å²) < 4.78 is 5.42. The van der Waals surface area contributed by atoms with E-state index in [9.17, 15) is 4.79 Å². The van der Waals surface area contributed by atoms with Crippen LogP contribution in [0.3, 0.4) is 0 Å². The average Bonchev–Trinajstić information content (AvgIpc) is 2.67. The first kappa shape index (κ1) is 12.6. The minimum Gasteiger partial charge on any atom is -0.477 e. The van der Waals surface area contributed by atoms with E-state index in [1.807, 2.05) is 13.8 Å². The van der Waals surface area contributed by atoms with Gasteiger partial charge in [0.1, 0.15) is 11.5 Å². The third-order valence-corrected chi connectivity index (χ3v) is 3.24. The second-order valence-corrected chi connectivity index (χ2v) is 4.66. The van der Waals surface area contributed by atoms with Gasteiger partial charge >= 0.3 is 5.97 Å². The topological polar surface area (TPSA) is 76.2 Å². The van der Waals surface area contributed by atoms with Gasteiger partial charge in [0.15, 0.2) is 0 Å². The highest BCUT2D eigenvalue weighted by Crippen LogP contribution is 2.23. The van der Waals surface area contributed by atoms with Gasteiger partial charge in [-0.3, -0.25) is 0 Å². The van der Waals surface area contributed by atoms with Gasteiger partial charge in [-0.2, -0.15) is 0 Å². The van der Waals surface area contributed by atoms with E-state index < -0.39 is 5.97 Å². The van der Waals surface area contributed by atoms with E-state index in [2.05, 4.69) is 9.97 Å². The quantitative estimate of drug-likeness (QED) is 0.855. The molecule has 0 aromatic carbocycles. The maximum atomic E-state index is 10.8. The largest absolute Gasteiger partial charge is 0.477 e. The Labute approximate surface area is 108 Å². The number of aryl methyl sites for hydroxylation is 2. The number of carbonyl (C=O) groups is 1. The monoisotopic (exact) mass is 264 g/mol. The highest BCUT2D eigenvalue weighted by Gasteiger charge is 2.09. The first-order valence-electron chi connectivity index (χ1n) is 5.32. The predicted octanol–water partition coefficient (Wildman–Crippen LogP) is 2.68. The molecule has 0 aliphatic heterocycles. The number of aromatic nitrogens is 2. The molecule has 0 atom stereocenters. The van der Waals surface area contributed by atoms with E-state index in [-0.39, 0.29) is 5.69 Å². The van der Waals surface area contributed by atoms with Gasteiger partial charge in [-0.1, -0.05) is 17.8 Å². The number of hydrogen-bond acceptors (Lipinski definition) is 5. The van der Waals surface area contributed by atoms with Crippen LogP contribution in [0, 0.1) is 13.8 Å². The number of oxazole rings is 1. The summed E-state index contributed by atoms with van der Waals surface area (Å²) in [6.07, 6.45) is 0. The fraction of sp³-hybridized carbons (Fsp3) is 0.250. The van der Waals surface area contributed by atoms with E-state index in [0.29, 0.717) is 16.7 Å². The van der Waals surface area contributed by atoms with Gasteiger partial charge in [-0.25, -0.2) is 14.8 Å². The Kier molecular flexibility index (Phi) is 3.66. The molecule has 0 spiro atoms. The summed E-state index contributed by atoms with van der Waals surface area (Å²) in [6.45, 7) is 3.74. The number of pyridine rings is 1. The fourth-order valence-electron chi connectivity index (χ4n) is 1.32. The number of thioether (sulfide) groups is 1. The van der Waals surface area contributed by atoms with Gasteiger partial charge in [0, 0.05) is 5.75 Å². The van der Waals surface area contributed by atoms with Gasteiger partial charge in [0.25, 0.3) is 5.22 Å². The molecule has 0 radical (unpaired) electrons. The summed E-state index contributed by atoms with van der Waals surface area (Å²) >= 11 is 1.40. The summed E-state index contributed by atoms with van der Waals surface area (Å²) in [5.41, 5.74) is 1.60. The van der Waals surface area contributed by atoms with Crippen molar-refractivity contribution in [1.29, 1.82) is 0 Å². The Bertz CT molecular complexity index is 561. The fourth-order valence-corrected chi connectivity index (χ4v) is 2.14. The van der Waals surface area contributed by atoms with E-state index in [1.165, 1.54) is 17.8 Å². The maximum Gasteiger partial charge on any atom is 0.354 e. The molecule has 2 aromatic rings. The molecular weight excluding hydrogens is 252 g/mol. The number of carboxylic acid groups (broad SMARTS) is 1. The zero-order valence-electron chi connectivity index (χ0n) is 10.0. The van der Waals surface area contributed by atoms with Crippen molar-refractivity contribution in [2.75, 3.05) is 0 Å². The summed E-state index contributed by atoms with van der Waals surface area (Å²) in [5, 5.41) is 9.41. The van der Waals surface area contributed by atoms with Crippen LogP contribution in [-0.2, 0) is 5.75 Å². The van der Waals surface area contributed by atoms with Crippen LogP contribution in [0.2, 0.25) is 0 Å². The average molecular weight is 264 g/mol. The van der Waals surface area contributed by atoms with Crippen molar-refractivity contribution in [3.05, 3.63) is 41.0 Å². The molecule has 1 N–H and O–H groups in total. The summed E-state index contributed by atoms with van der Waals surface area (Å²) in [6, 6.07) is 4.93. The molecule has 5 nitrogen and oxygen atoms in total. The standard InChI is InChI=1S/C12H12N2O3S/c1-7-8(2)17-12(13-7)18-6-9-4-3-5-10(14-9)11(15)16/h3-5H,6H2,1-2H3,(H,15,16). The van der Waals surface area contributed by atoms with Crippen LogP contribution < -0.4 is 0 Å². The molecule has 0 saturated carbocycles. The molecule has 0 bridgehead atoms. The maximum absolute atomic E-state index is 10.8. The van der Waals surface area contributed by atoms with Crippen LogP contribution in [0.1, 0.15) is 27.6 Å². The molecule has 0 unspecified atom stereocenters. The van der Waals surface area contributed by atoms with Crippen molar-refractivity contribution >= 4 is 17.7 Å². The highest BCUT2D eigenvalue weighted by molar-refractivity contribution is 7.98. The van der Waals surface area contributed by atoms with Crippen LogP contribution in [0.25, 0.3) is 0 Å². The predicted molar refractivity (Wildman–Crippen MR) is 66.7 cm³/mol. The molecule has 0 saturated heterocycles. The Morgan fingerprint density at radius 2 is 2.17 bits per heavy atom. The lowest BCUT2D eigenvalue weighted by atomic mass is 10.3. The van der Waals surface area contributed by atoms with Crippen molar-refractivity contribution in [2.45, 2.75) is 24.8 Å². The zero-order chi connectivity index (χ0) is 13.1. The molecule has 18 heavy (non-hydrogen) atoms. The molecule has 94 valence electrons. The van der Waals surface area contributed by atoms with Crippen LogP contribution in [0.15, 0.2) is 27.8 Å². The molecular formula is C12H12N2O3S. The van der Waals surface area contributed by atoms with E-state index >= 15 is 0 Å². The van der Waals surface area contributed by atoms with Crippen molar-refractivity contribution < 1.29 is 14.3 Å². The molecule has 2 heterocycles. The first-order chi connectivity index (χ1) is 8.56. The number of nitrogens with zero attached hydrogens (tertiary/aromatic N) is 2. The lowest BCUT2D eigenvalue weighted by Gasteiger charge is -1.99.